The lowest BCUT2D eigenvalue weighted by Crippen LogP contribution is -2.13. The van der Waals surface area contributed by atoms with Gasteiger partial charge in [-0.2, -0.15) is 5.10 Å². The number of nitrogens with one attached hydrogen (secondary N) is 1. The van der Waals surface area contributed by atoms with Crippen LogP contribution in [0.25, 0.3) is 0 Å². The van der Waals surface area contributed by atoms with Crippen LogP contribution in [0.5, 0.6) is 0 Å². The van der Waals surface area contributed by atoms with Crippen molar-refractivity contribution in [2.75, 3.05) is 5.32 Å². The highest BCUT2D eigenvalue weighted by Gasteiger charge is 2.14. The number of hydrogen-bond acceptors (Lipinski definition) is 2. The lowest BCUT2D eigenvalue weighted by molar-refractivity contribution is 0.102. The summed E-state index contributed by atoms with van der Waals surface area (Å²) in [6.07, 6.45) is 3.43. The van der Waals surface area contributed by atoms with Crippen molar-refractivity contribution < 1.29 is 4.79 Å². The van der Waals surface area contributed by atoms with Crippen LogP contribution in [0.3, 0.4) is 0 Å². The Labute approximate surface area is 117 Å². The molecule has 0 bridgehead atoms. The molecule has 0 unspecified atom stereocenters. The third-order valence-corrected chi connectivity index (χ3v) is 3.15. The van der Waals surface area contributed by atoms with Gasteiger partial charge >= 0.3 is 0 Å². The number of carbonyl (C=O) groups excluding carboxylic acids is 1. The van der Waals surface area contributed by atoms with Gasteiger partial charge < -0.3 is 5.32 Å². The van der Waals surface area contributed by atoms with Crippen molar-refractivity contribution in [1.29, 1.82) is 0 Å². The molecular formula is C14H16ClN3O. The lowest BCUT2D eigenvalue weighted by Gasteiger charge is -2.08. The minimum absolute atomic E-state index is 0.216. The number of halogens is 1. The number of benzene rings is 1. The summed E-state index contributed by atoms with van der Waals surface area (Å²) < 4.78 is 1.79. The normalized spacial score (nSPS) is 10.8. The number of hydrogen-bond donors (Lipinski definition) is 1. The first-order valence-corrected chi connectivity index (χ1v) is 6.47. The Morgan fingerprint density at radius 3 is 2.74 bits per heavy atom. The van der Waals surface area contributed by atoms with Gasteiger partial charge in [0.05, 0.1) is 22.5 Å². The van der Waals surface area contributed by atoms with Gasteiger partial charge in [-0.25, -0.2) is 0 Å². The highest BCUT2D eigenvalue weighted by atomic mass is 35.5. The minimum Gasteiger partial charge on any atom is -0.319 e. The average Bonchev–Trinajstić information content (AvgIpc) is 2.77. The topological polar surface area (TPSA) is 46.9 Å². The summed E-state index contributed by atoms with van der Waals surface area (Å²) in [7, 11) is 0. The van der Waals surface area contributed by atoms with Crippen molar-refractivity contribution in [2.24, 2.45) is 0 Å². The SMILES string of the molecule is Cc1cccc(Cl)c1C(=O)Nc1cnn(C(C)C)c1. The molecule has 0 aliphatic carbocycles. The van der Waals surface area contributed by atoms with Crippen molar-refractivity contribution in [2.45, 2.75) is 26.8 Å². The number of nitrogens with zero attached hydrogens (tertiary/aromatic N) is 2. The number of rotatable bonds is 3. The van der Waals surface area contributed by atoms with E-state index in [4.69, 9.17) is 11.6 Å². The molecule has 1 N–H and O–H groups in total. The molecule has 0 atom stereocenters. The van der Waals surface area contributed by atoms with E-state index in [0.717, 1.165) is 5.56 Å². The summed E-state index contributed by atoms with van der Waals surface area (Å²) in [6.45, 7) is 5.91. The van der Waals surface area contributed by atoms with E-state index >= 15 is 0 Å². The molecule has 1 heterocycles. The first-order valence-electron chi connectivity index (χ1n) is 6.09. The van der Waals surface area contributed by atoms with Gasteiger partial charge in [0.25, 0.3) is 5.91 Å². The molecule has 19 heavy (non-hydrogen) atoms. The summed E-state index contributed by atoms with van der Waals surface area (Å²) in [6, 6.07) is 5.65. The lowest BCUT2D eigenvalue weighted by atomic mass is 10.1. The van der Waals surface area contributed by atoms with E-state index in [-0.39, 0.29) is 11.9 Å². The number of carbonyl (C=O) groups is 1. The van der Waals surface area contributed by atoms with Crippen molar-refractivity contribution in [3.8, 4) is 0 Å². The molecule has 5 heteroatoms. The van der Waals surface area contributed by atoms with E-state index in [1.165, 1.54) is 0 Å². The van der Waals surface area contributed by atoms with Crippen LogP contribution in [0.2, 0.25) is 5.02 Å². The molecular weight excluding hydrogens is 262 g/mol. The molecule has 1 aromatic carbocycles. The molecule has 0 radical (unpaired) electrons. The maximum absolute atomic E-state index is 12.2. The molecule has 2 aromatic rings. The quantitative estimate of drug-likeness (QED) is 0.930. The molecule has 0 fully saturated rings. The van der Waals surface area contributed by atoms with Crippen molar-refractivity contribution in [3.05, 3.63) is 46.7 Å². The summed E-state index contributed by atoms with van der Waals surface area (Å²) in [5, 5.41) is 7.44. The van der Waals surface area contributed by atoms with Crippen LogP contribution in [-0.2, 0) is 0 Å². The van der Waals surface area contributed by atoms with Crippen LogP contribution >= 0.6 is 11.6 Å². The van der Waals surface area contributed by atoms with Gasteiger partial charge in [-0.05, 0) is 32.4 Å². The Morgan fingerprint density at radius 1 is 1.42 bits per heavy atom. The zero-order valence-electron chi connectivity index (χ0n) is 11.1. The van der Waals surface area contributed by atoms with E-state index in [1.54, 1.807) is 23.1 Å². The van der Waals surface area contributed by atoms with Crippen molar-refractivity contribution in [3.63, 3.8) is 0 Å². The second kappa shape index (κ2) is 5.45. The smallest absolute Gasteiger partial charge is 0.257 e. The monoisotopic (exact) mass is 277 g/mol. The molecule has 0 saturated heterocycles. The van der Waals surface area contributed by atoms with Crippen molar-refractivity contribution in [1.82, 2.24) is 9.78 Å². The van der Waals surface area contributed by atoms with Gasteiger partial charge in [0, 0.05) is 12.2 Å². The summed E-state index contributed by atoms with van der Waals surface area (Å²) >= 11 is 6.06. The Morgan fingerprint density at radius 2 is 2.16 bits per heavy atom. The maximum Gasteiger partial charge on any atom is 0.257 e. The van der Waals surface area contributed by atoms with Crippen LogP contribution in [-0.4, -0.2) is 15.7 Å². The maximum atomic E-state index is 12.2. The Hall–Kier alpha value is -1.81. The van der Waals surface area contributed by atoms with Gasteiger partial charge in [-0.3, -0.25) is 9.48 Å². The number of anilines is 1. The second-order valence-electron chi connectivity index (χ2n) is 4.69. The highest BCUT2D eigenvalue weighted by molar-refractivity contribution is 6.34. The van der Waals surface area contributed by atoms with E-state index in [1.807, 2.05) is 32.9 Å². The molecule has 4 nitrogen and oxygen atoms in total. The molecule has 2 rings (SSSR count). The number of aromatic nitrogens is 2. The Balaban J connectivity index is 2.21. The standard InChI is InChI=1S/C14H16ClN3O/c1-9(2)18-8-11(7-16-18)17-14(19)13-10(3)5-4-6-12(13)15/h4-9H,1-3H3,(H,17,19). The predicted octanol–water partition coefficient (Wildman–Crippen LogP) is 3.68. The van der Waals surface area contributed by atoms with Crippen LogP contribution < -0.4 is 5.32 Å². The minimum atomic E-state index is -0.216. The first-order chi connectivity index (χ1) is 8.99. The average molecular weight is 278 g/mol. The molecule has 1 amide bonds. The fourth-order valence-electron chi connectivity index (χ4n) is 1.80. The van der Waals surface area contributed by atoms with E-state index in [0.29, 0.717) is 16.3 Å². The van der Waals surface area contributed by atoms with Crippen LogP contribution in [0.4, 0.5) is 5.69 Å². The van der Waals surface area contributed by atoms with E-state index < -0.39 is 0 Å². The predicted molar refractivity (Wildman–Crippen MR) is 76.8 cm³/mol. The Bertz CT molecular complexity index is 584. The van der Waals surface area contributed by atoms with Crippen LogP contribution in [0.15, 0.2) is 30.6 Å². The molecule has 0 aliphatic rings. The molecule has 1 aromatic heterocycles. The van der Waals surface area contributed by atoms with Gasteiger partial charge in [0.15, 0.2) is 0 Å². The molecule has 0 saturated carbocycles. The van der Waals surface area contributed by atoms with Crippen molar-refractivity contribution >= 4 is 23.2 Å². The highest BCUT2D eigenvalue weighted by Crippen LogP contribution is 2.21. The summed E-state index contributed by atoms with van der Waals surface area (Å²) in [5.74, 6) is -0.216. The van der Waals surface area contributed by atoms with E-state index in [9.17, 15) is 4.79 Å². The number of aryl methyl sites for hydroxylation is 1. The Kier molecular flexibility index (Phi) is 3.90. The number of amides is 1. The molecule has 0 aliphatic heterocycles. The first kappa shape index (κ1) is 13.6. The fraction of sp³-hybridized carbons (Fsp3) is 0.286. The fourth-order valence-corrected chi connectivity index (χ4v) is 2.11. The third kappa shape index (κ3) is 2.96. The van der Waals surface area contributed by atoms with E-state index in [2.05, 4.69) is 10.4 Å². The van der Waals surface area contributed by atoms with Crippen LogP contribution in [0.1, 0.15) is 35.8 Å². The molecule has 100 valence electrons. The molecule has 0 spiro atoms. The van der Waals surface area contributed by atoms with Gasteiger partial charge in [0.1, 0.15) is 0 Å². The summed E-state index contributed by atoms with van der Waals surface area (Å²) in [5.41, 5.74) is 2.01. The third-order valence-electron chi connectivity index (χ3n) is 2.84. The van der Waals surface area contributed by atoms with Gasteiger partial charge in [-0.15, -0.1) is 0 Å². The summed E-state index contributed by atoms with van der Waals surface area (Å²) in [4.78, 5) is 12.2. The zero-order valence-corrected chi connectivity index (χ0v) is 11.9. The second-order valence-corrected chi connectivity index (χ2v) is 5.10. The van der Waals surface area contributed by atoms with Gasteiger partial charge in [-0.1, -0.05) is 23.7 Å². The zero-order chi connectivity index (χ0) is 14.0. The van der Waals surface area contributed by atoms with Gasteiger partial charge in [0.2, 0.25) is 0 Å². The largest absolute Gasteiger partial charge is 0.319 e. The van der Waals surface area contributed by atoms with Crippen LogP contribution in [0, 0.1) is 6.92 Å².